The van der Waals surface area contributed by atoms with Crippen LogP contribution in [0, 0.1) is 0 Å². The summed E-state index contributed by atoms with van der Waals surface area (Å²) in [6.07, 6.45) is 3.69. The van der Waals surface area contributed by atoms with Crippen LogP contribution in [0.2, 0.25) is 0 Å². The van der Waals surface area contributed by atoms with Crippen molar-refractivity contribution >= 4 is 33.7 Å². The summed E-state index contributed by atoms with van der Waals surface area (Å²) in [4.78, 5) is 11.7. The van der Waals surface area contributed by atoms with Crippen LogP contribution in [-0.4, -0.2) is 16.1 Å². The fourth-order valence-electron chi connectivity index (χ4n) is 1.65. The Morgan fingerprint density at radius 3 is 3.06 bits per heavy atom. The molecule has 1 aliphatic carbocycles. The molecule has 1 N–H and O–H groups in total. The van der Waals surface area contributed by atoms with Gasteiger partial charge in [0.25, 0.3) is 0 Å². The average molecular weight is 279 g/mol. The number of hydrogen-bond acceptors (Lipinski definition) is 5. The lowest BCUT2D eigenvalue weighted by Gasteiger charge is -1.99. The van der Waals surface area contributed by atoms with Crippen LogP contribution in [0.15, 0.2) is 16.8 Å². The minimum atomic E-state index is 0.0136. The highest BCUT2D eigenvalue weighted by atomic mass is 32.1. The first-order valence-corrected chi connectivity index (χ1v) is 7.71. The SMILES string of the molecule is O=C(CCc1ccsc1)Nc1nnc(C2CC2)s1. The molecule has 2 aromatic heterocycles. The Kier molecular flexibility index (Phi) is 3.38. The van der Waals surface area contributed by atoms with Crippen molar-refractivity contribution in [1.82, 2.24) is 10.2 Å². The molecule has 3 rings (SSSR count). The van der Waals surface area contributed by atoms with E-state index in [1.54, 1.807) is 11.3 Å². The molecule has 2 heterocycles. The van der Waals surface area contributed by atoms with Crippen LogP contribution >= 0.6 is 22.7 Å². The fraction of sp³-hybridized carbons (Fsp3) is 0.417. The van der Waals surface area contributed by atoms with E-state index in [0.717, 1.165) is 11.4 Å². The molecule has 0 atom stereocenters. The van der Waals surface area contributed by atoms with Crippen molar-refractivity contribution in [2.45, 2.75) is 31.6 Å². The zero-order valence-corrected chi connectivity index (χ0v) is 11.4. The molecule has 4 nitrogen and oxygen atoms in total. The molecule has 0 bridgehead atoms. The summed E-state index contributed by atoms with van der Waals surface area (Å²) in [5, 5.41) is 16.7. The van der Waals surface area contributed by atoms with Crippen molar-refractivity contribution in [2.75, 3.05) is 5.32 Å². The van der Waals surface area contributed by atoms with Crippen LogP contribution in [0.25, 0.3) is 0 Å². The zero-order chi connectivity index (χ0) is 12.4. The lowest BCUT2D eigenvalue weighted by Crippen LogP contribution is -2.11. The van der Waals surface area contributed by atoms with Gasteiger partial charge in [0.15, 0.2) is 0 Å². The molecule has 6 heteroatoms. The Bertz CT molecular complexity index is 531. The molecular formula is C12H13N3OS2. The second kappa shape index (κ2) is 5.16. The molecule has 1 amide bonds. The third-order valence-electron chi connectivity index (χ3n) is 2.83. The Hall–Kier alpha value is -1.27. The second-order valence-corrected chi connectivity index (χ2v) is 6.19. The Labute approximate surface area is 113 Å². The number of anilines is 1. The molecule has 0 aromatic carbocycles. The number of aromatic nitrogens is 2. The number of carbonyl (C=O) groups excluding carboxylic acids is 1. The largest absolute Gasteiger partial charge is 0.301 e. The van der Waals surface area contributed by atoms with E-state index in [1.165, 1.54) is 29.7 Å². The maximum absolute atomic E-state index is 11.7. The molecule has 1 fully saturated rings. The number of thiophene rings is 1. The first-order valence-electron chi connectivity index (χ1n) is 5.95. The van der Waals surface area contributed by atoms with Crippen LogP contribution in [0.4, 0.5) is 5.13 Å². The maximum atomic E-state index is 11.7. The third kappa shape index (κ3) is 2.94. The first-order chi connectivity index (χ1) is 8.81. The van der Waals surface area contributed by atoms with Crippen LogP contribution in [-0.2, 0) is 11.2 Å². The summed E-state index contributed by atoms with van der Waals surface area (Å²) >= 11 is 3.16. The molecule has 0 spiro atoms. The summed E-state index contributed by atoms with van der Waals surface area (Å²) in [5.74, 6) is 0.610. The Morgan fingerprint density at radius 2 is 2.33 bits per heavy atom. The van der Waals surface area contributed by atoms with Crippen molar-refractivity contribution < 1.29 is 4.79 Å². The van der Waals surface area contributed by atoms with Gasteiger partial charge in [0.1, 0.15) is 5.01 Å². The van der Waals surface area contributed by atoms with E-state index in [4.69, 9.17) is 0 Å². The van der Waals surface area contributed by atoms with Gasteiger partial charge < -0.3 is 5.32 Å². The number of amides is 1. The van der Waals surface area contributed by atoms with E-state index in [-0.39, 0.29) is 5.91 Å². The van der Waals surface area contributed by atoms with Crippen molar-refractivity contribution in [1.29, 1.82) is 0 Å². The zero-order valence-electron chi connectivity index (χ0n) is 9.76. The van der Waals surface area contributed by atoms with E-state index in [0.29, 0.717) is 17.5 Å². The summed E-state index contributed by atoms with van der Waals surface area (Å²) < 4.78 is 0. The highest BCUT2D eigenvalue weighted by Crippen LogP contribution is 2.42. The quantitative estimate of drug-likeness (QED) is 0.915. The molecule has 18 heavy (non-hydrogen) atoms. The lowest BCUT2D eigenvalue weighted by molar-refractivity contribution is -0.116. The van der Waals surface area contributed by atoms with Gasteiger partial charge in [-0.05, 0) is 41.7 Å². The van der Waals surface area contributed by atoms with Gasteiger partial charge in [-0.1, -0.05) is 11.3 Å². The van der Waals surface area contributed by atoms with Crippen LogP contribution in [0.5, 0.6) is 0 Å². The molecule has 0 radical (unpaired) electrons. The van der Waals surface area contributed by atoms with Gasteiger partial charge in [0.05, 0.1) is 0 Å². The summed E-state index contributed by atoms with van der Waals surface area (Å²) in [5.41, 5.74) is 1.21. The molecule has 1 aliphatic rings. The van der Waals surface area contributed by atoms with E-state index >= 15 is 0 Å². The van der Waals surface area contributed by atoms with Crippen molar-refractivity contribution in [3.63, 3.8) is 0 Å². The fourth-order valence-corrected chi connectivity index (χ4v) is 3.29. The van der Waals surface area contributed by atoms with Gasteiger partial charge in [0.2, 0.25) is 11.0 Å². The van der Waals surface area contributed by atoms with Crippen molar-refractivity contribution in [3.05, 3.63) is 27.4 Å². The molecule has 2 aromatic rings. The highest BCUT2D eigenvalue weighted by Gasteiger charge is 2.27. The van der Waals surface area contributed by atoms with Gasteiger partial charge in [-0.2, -0.15) is 11.3 Å². The number of aryl methyl sites for hydroxylation is 1. The Balaban J connectivity index is 1.50. The van der Waals surface area contributed by atoms with Crippen molar-refractivity contribution in [3.8, 4) is 0 Å². The van der Waals surface area contributed by atoms with Crippen LogP contribution in [0.1, 0.15) is 35.8 Å². The van der Waals surface area contributed by atoms with E-state index in [9.17, 15) is 4.79 Å². The minimum Gasteiger partial charge on any atom is -0.301 e. The van der Waals surface area contributed by atoms with E-state index in [2.05, 4.69) is 20.9 Å². The molecule has 0 aliphatic heterocycles. The van der Waals surface area contributed by atoms with Gasteiger partial charge in [-0.3, -0.25) is 4.79 Å². The van der Waals surface area contributed by atoms with Gasteiger partial charge in [-0.25, -0.2) is 0 Å². The number of rotatable bonds is 5. The predicted octanol–water partition coefficient (Wildman–Crippen LogP) is 3.05. The maximum Gasteiger partial charge on any atom is 0.226 e. The molecule has 0 unspecified atom stereocenters. The van der Waals surface area contributed by atoms with E-state index < -0.39 is 0 Å². The van der Waals surface area contributed by atoms with Crippen LogP contribution < -0.4 is 5.32 Å². The molecule has 94 valence electrons. The smallest absolute Gasteiger partial charge is 0.226 e. The third-order valence-corrected chi connectivity index (χ3v) is 4.57. The van der Waals surface area contributed by atoms with Gasteiger partial charge in [-0.15, -0.1) is 10.2 Å². The summed E-state index contributed by atoms with van der Waals surface area (Å²) in [6.45, 7) is 0. The summed E-state index contributed by atoms with van der Waals surface area (Å²) in [7, 11) is 0. The lowest BCUT2D eigenvalue weighted by atomic mass is 10.2. The molecular weight excluding hydrogens is 266 g/mol. The number of carbonyl (C=O) groups is 1. The number of hydrogen-bond donors (Lipinski definition) is 1. The van der Waals surface area contributed by atoms with Crippen molar-refractivity contribution in [2.24, 2.45) is 0 Å². The summed E-state index contributed by atoms with van der Waals surface area (Å²) in [6, 6.07) is 2.05. The van der Waals surface area contributed by atoms with E-state index in [1.807, 2.05) is 11.4 Å². The van der Waals surface area contributed by atoms with Gasteiger partial charge >= 0.3 is 0 Å². The number of nitrogens with zero attached hydrogens (tertiary/aromatic N) is 2. The monoisotopic (exact) mass is 279 g/mol. The van der Waals surface area contributed by atoms with Gasteiger partial charge in [0, 0.05) is 12.3 Å². The topological polar surface area (TPSA) is 54.9 Å². The normalized spacial score (nSPS) is 14.7. The average Bonchev–Trinajstić information content (AvgIpc) is 2.90. The first kappa shape index (κ1) is 11.8. The van der Waals surface area contributed by atoms with Crippen LogP contribution in [0.3, 0.4) is 0 Å². The standard InChI is InChI=1S/C12H13N3OS2/c16-10(4-1-8-5-6-17-7-8)13-12-15-14-11(18-12)9-2-3-9/h5-7,9H,1-4H2,(H,13,15,16). The molecule has 0 saturated heterocycles. The minimum absolute atomic E-state index is 0.0136. The Morgan fingerprint density at radius 1 is 1.44 bits per heavy atom. The number of nitrogens with one attached hydrogen (secondary N) is 1. The predicted molar refractivity (Wildman–Crippen MR) is 73.2 cm³/mol. The second-order valence-electron chi connectivity index (χ2n) is 4.40. The highest BCUT2D eigenvalue weighted by molar-refractivity contribution is 7.15. The molecule has 1 saturated carbocycles.